The van der Waals surface area contributed by atoms with Gasteiger partial charge in [-0.2, -0.15) is 0 Å². The average Bonchev–Trinajstić information content (AvgIpc) is 2.66. The highest BCUT2D eigenvalue weighted by Gasteiger charge is 2.25. The lowest BCUT2D eigenvalue weighted by Crippen LogP contribution is -2.43. The zero-order valence-corrected chi connectivity index (χ0v) is 17.1. The van der Waals surface area contributed by atoms with Crippen LogP contribution in [0.4, 0.5) is 0 Å². The lowest BCUT2D eigenvalue weighted by atomic mass is 10.0. The third-order valence-corrected chi connectivity index (χ3v) is 6.61. The van der Waals surface area contributed by atoms with E-state index < -0.39 is 10.0 Å². The second-order valence-electron chi connectivity index (χ2n) is 7.20. The number of hydrogen-bond acceptors (Lipinski definition) is 4. The highest BCUT2D eigenvalue weighted by Crippen LogP contribution is 2.23. The summed E-state index contributed by atoms with van der Waals surface area (Å²) in [5.74, 6) is 0. The smallest absolute Gasteiger partial charge is 0.240 e. The van der Waals surface area contributed by atoms with E-state index in [4.69, 9.17) is 4.74 Å². The summed E-state index contributed by atoms with van der Waals surface area (Å²) in [6.45, 7) is 9.05. The Morgan fingerprint density at radius 3 is 2.30 bits per heavy atom. The molecule has 0 radical (unpaired) electrons. The predicted octanol–water partition coefficient (Wildman–Crippen LogP) is 2.96. The van der Waals surface area contributed by atoms with E-state index in [2.05, 4.69) is 40.8 Å². The van der Waals surface area contributed by atoms with E-state index in [0.717, 1.165) is 29.8 Å². The summed E-state index contributed by atoms with van der Waals surface area (Å²) in [6.07, 6.45) is 0. The van der Waals surface area contributed by atoms with Gasteiger partial charge in [-0.3, -0.25) is 4.90 Å². The monoisotopic (exact) mass is 388 g/mol. The summed E-state index contributed by atoms with van der Waals surface area (Å²) < 4.78 is 34.2. The van der Waals surface area contributed by atoms with Crippen molar-refractivity contribution in [1.29, 1.82) is 0 Å². The number of nitrogens with zero attached hydrogens (tertiary/aromatic N) is 1. The van der Waals surface area contributed by atoms with Gasteiger partial charge in [-0.1, -0.05) is 42.0 Å². The first-order valence-electron chi connectivity index (χ1n) is 9.32. The normalized spacial score (nSPS) is 17.0. The van der Waals surface area contributed by atoms with E-state index in [-0.39, 0.29) is 6.04 Å². The largest absolute Gasteiger partial charge is 0.379 e. The fraction of sp³-hybridized carbons (Fsp3) is 0.429. The molecule has 27 heavy (non-hydrogen) atoms. The molecule has 1 heterocycles. The molecular formula is C21H28N2O3S. The van der Waals surface area contributed by atoms with Gasteiger partial charge in [-0.15, -0.1) is 0 Å². The molecule has 0 aromatic heterocycles. The first-order valence-corrected chi connectivity index (χ1v) is 10.8. The number of benzene rings is 2. The van der Waals surface area contributed by atoms with Crippen molar-refractivity contribution in [3.63, 3.8) is 0 Å². The van der Waals surface area contributed by atoms with Crippen molar-refractivity contribution >= 4 is 10.0 Å². The van der Waals surface area contributed by atoms with Crippen LogP contribution < -0.4 is 4.72 Å². The van der Waals surface area contributed by atoms with Gasteiger partial charge in [0, 0.05) is 25.7 Å². The second-order valence-corrected chi connectivity index (χ2v) is 8.93. The number of aryl methyl sites for hydroxylation is 3. The van der Waals surface area contributed by atoms with E-state index in [1.807, 2.05) is 26.0 Å². The minimum Gasteiger partial charge on any atom is -0.379 e. The number of nitrogens with one attached hydrogen (secondary N) is 1. The quantitative estimate of drug-likeness (QED) is 0.827. The van der Waals surface area contributed by atoms with Crippen LogP contribution >= 0.6 is 0 Å². The van der Waals surface area contributed by atoms with Crippen molar-refractivity contribution in [2.24, 2.45) is 0 Å². The predicted molar refractivity (Wildman–Crippen MR) is 107 cm³/mol. The molecule has 2 aromatic rings. The van der Waals surface area contributed by atoms with Gasteiger partial charge < -0.3 is 4.74 Å². The molecule has 1 N–H and O–H groups in total. The van der Waals surface area contributed by atoms with Gasteiger partial charge in [0.05, 0.1) is 18.1 Å². The highest BCUT2D eigenvalue weighted by molar-refractivity contribution is 7.89. The Bertz CT molecular complexity index is 873. The molecule has 0 aliphatic carbocycles. The molecule has 2 aromatic carbocycles. The zero-order chi connectivity index (χ0) is 19.4. The first kappa shape index (κ1) is 20.0. The molecule has 1 fully saturated rings. The van der Waals surface area contributed by atoms with Crippen LogP contribution in [0.1, 0.15) is 28.3 Å². The van der Waals surface area contributed by atoms with E-state index in [1.54, 1.807) is 6.07 Å². The van der Waals surface area contributed by atoms with Crippen LogP contribution in [0.2, 0.25) is 0 Å². The van der Waals surface area contributed by atoms with Crippen LogP contribution in [0.3, 0.4) is 0 Å². The first-order chi connectivity index (χ1) is 12.9. The Hall–Kier alpha value is -1.73. The molecule has 1 saturated heterocycles. The third kappa shape index (κ3) is 4.96. The molecule has 146 valence electrons. The van der Waals surface area contributed by atoms with Crippen LogP contribution in [0, 0.1) is 20.8 Å². The van der Waals surface area contributed by atoms with Gasteiger partial charge in [0.25, 0.3) is 0 Å². The van der Waals surface area contributed by atoms with Gasteiger partial charge in [0.1, 0.15) is 0 Å². The molecule has 0 bridgehead atoms. The second kappa shape index (κ2) is 8.52. The molecule has 5 nitrogen and oxygen atoms in total. The maximum atomic E-state index is 12.9. The van der Waals surface area contributed by atoms with Crippen LogP contribution in [-0.4, -0.2) is 46.2 Å². The Morgan fingerprint density at radius 1 is 1.00 bits per heavy atom. The van der Waals surface area contributed by atoms with Crippen molar-refractivity contribution in [1.82, 2.24) is 9.62 Å². The standard InChI is InChI=1S/C21H28N2O3S/c1-16-5-8-19(9-6-16)20(23-10-12-26-13-11-23)15-22-27(24,25)21-14-17(2)4-7-18(21)3/h4-9,14,20,22H,10-13,15H2,1-3H3. The SMILES string of the molecule is Cc1ccc(C(CNS(=O)(=O)c2cc(C)ccc2C)N2CCOCC2)cc1. The van der Waals surface area contributed by atoms with Crippen molar-refractivity contribution in [2.75, 3.05) is 32.8 Å². The zero-order valence-electron chi connectivity index (χ0n) is 16.2. The molecular weight excluding hydrogens is 360 g/mol. The summed E-state index contributed by atoms with van der Waals surface area (Å²) in [4.78, 5) is 2.65. The summed E-state index contributed by atoms with van der Waals surface area (Å²) in [7, 11) is -3.57. The summed E-state index contributed by atoms with van der Waals surface area (Å²) in [6, 6.07) is 13.8. The molecule has 0 saturated carbocycles. The summed E-state index contributed by atoms with van der Waals surface area (Å²) >= 11 is 0. The third-order valence-electron chi connectivity index (χ3n) is 5.05. The lowest BCUT2D eigenvalue weighted by Gasteiger charge is -2.35. The fourth-order valence-electron chi connectivity index (χ4n) is 3.40. The van der Waals surface area contributed by atoms with E-state index in [0.29, 0.717) is 24.7 Å². The summed E-state index contributed by atoms with van der Waals surface area (Å²) in [5.41, 5.74) is 4.00. The topological polar surface area (TPSA) is 58.6 Å². The van der Waals surface area contributed by atoms with E-state index >= 15 is 0 Å². The van der Waals surface area contributed by atoms with Crippen LogP contribution in [-0.2, 0) is 14.8 Å². The molecule has 1 aliphatic rings. The summed E-state index contributed by atoms with van der Waals surface area (Å²) in [5, 5.41) is 0. The Labute approximate surface area is 162 Å². The average molecular weight is 389 g/mol. The highest BCUT2D eigenvalue weighted by atomic mass is 32.2. The fourth-order valence-corrected chi connectivity index (χ4v) is 4.76. The molecule has 1 atom stereocenters. The molecule has 1 aliphatic heterocycles. The van der Waals surface area contributed by atoms with Gasteiger partial charge in [0.2, 0.25) is 10.0 Å². The molecule has 0 amide bonds. The Morgan fingerprint density at radius 2 is 1.63 bits per heavy atom. The van der Waals surface area contributed by atoms with Gasteiger partial charge in [0.15, 0.2) is 0 Å². The number of sulfonamides is 1. The minimum atomic E-state index is -3.57. The van der Waals surface area contributed by atoms with Gasteiger partial charge in [-0.25, -0.2) is 13.1 Å². The van der Waals surface area contributed by atoms with Gasteiger partial charge >= 0.3 is 0 Å². The maximum Gasteiger partial charge on any atom is 0.240 e. The number of morpholine rings is 1. The van der Waals surface area contributed by atoms with Crippen LogP contribution in [0.25, 0.3) is 0 Å². The Balaban J connectivity index is 1.83. The number of hydrogen-bond donors (Lipinski definition) is 1. The number of ether oxygens (including phenoxy) is 1. The number of rotatable bonds is 6. The van der Waals surface area contributed by atoms with E-state index in [9.17, 15) is 8.42 Å². The van der Waals surface area contributed by atoms with Crippen LogP contribution in [0.5, 0.6) is 0 Å². The molecule has 0 spiro atoms. The molecule has 6 heteroatoms. The lowest BCUT2D eigenvalue weighted by molar-refractivity contribution is 0.0172. The minimum absolute atomic E-state index is 0.0191. The van der Waals surface area contributed by atoms with Crippen molar-refractivity contribution in [2.45, 2.75) is 31.7 Å². The Kier molecular flexibility index (Phi) is 6.32. The van der Waals surface area contributed by atoms with Gasteiger partial charge in [-0.05, 0) is 43.5 Å². The van der Waals surface area contributed by atoms with Crippen molar-refractivity contribution < 1.29 is 13.2 Å². The maximum absolute atomic E-state index is 12.9. The molecule has 3 rings (SSSR count). The van der Waals surface area contributed by atoms with E-state index in [1.165, 1.54) is 5.56 Å². The van der Waals surface area contributed by atoms with Crippen LogP contribution in [0.15, 0.2) is 47.4 Å². The molecule has 1 unspecified atom stereocenters. The van der Waals surface area contributed by atoms with Crippen molar-refractivity contribution in [3.8, 4) is 0 Å². The van der Waals surface area contributed by atoms with Crippen molar-refractivity contribution in [3.05, 3.63) is 64.7 Å².